The molecule has 4 aromatic rings. The summed E-state index contributed by atoms with van der Waals surface area (Å²) in [6.07, 6.45) is 6.70. The zero-order chi connectivity index (χ0) is 23.8. The standard InChI is InChI=1S/C25H32N10/c1-2-33-10-7-17(8-11-33)13-35(19-5-3-18(26)4-6-19)25-31-23-22(29-16-30-23)24(32-25)34-12-9-20-21(14-34)28-15-27-20/h3-6,15-17H,2,7-14,26H2,1H3,(H,27,28)(H,29,30,31,32). The minimum absolute atomic E-state index is 0.569. The predicted octanol–water partition coefficient (Wildman–Crippen LogP) is 3.09. The molecule has 0 spiro atoms. The predicted molar refractivity (Wildman–Crippen MR) is 138 cm³/mol. The van der Waals surface area contributed by atoms with Crippen molar-refractivity contribution in [3.63, 3.8) is 0 Å². The van der Waals surface area contributed by atoms with Gasteiger partial charge >= 0.3 is 0 Å². The number of hydrogen-bond acceptors (Lipinski definition) is 8. The molecule has 3 aromatic heterocycles. The SMILES string of the molecule is CCN1CCC(CN(c2ccc(N)cc2)c2nc(N3CCc4nc[nH]c4C3)c3[nH]cnc3n2)CC1. The van der Waals surface area contributed by atoms with E-state index >= 15 is 0 Å². The van der Waals surface area contributed by atoms with Gasteiger partial charge in [0.1, 0.15) is 5.52 Å². The number of nitrogens with zero attached hydrogens (tertiary/aromatic N) is 7. The van der Waals surface area contributed by atoms with Gasteiger partial charge in [-0.25, -0.2) is 9.97 Å². The lowest BCUT2D eigenvalue weighted by Gasteiger charge is -2.35. The van der Waals surface area contributed by atoms with Crippen LogP contribution in [0.5, 0.6) is 0 Å². The molecular formula is C25H32N10. The molecule has 4 N–H and O–H groups in total. The summed E-state index contributed by atoms with van der Waals surface area (Å²) < 4.78 is 0. The van der Waals surface area contributed by atoms with Gasteiger partial charge in [-0.05, 0) is 62.7 Å². The minimum Gasteiger partial charge on any atom is -0.399 e. The van der Waals surface area contributed by atoms with Gasteiger partial charge < -0.3 is 30.4 Å². The van der Waals surface area contributed by atoms with Gasteiger partial charge in [0.25, 0.3) is 0 Å². The first-order valence-corrected chi connectivity index (χ1v) is 12.5. The number of nitrogens with one attached hydrogen (secondary N) is 2. The van der Waals surface area contributed by atoms with Crippen molar-refractivity contribution in [2.75, 3.05) is 48.3 Å². The van der Waals surface area contributed by atoms with Gasteiger partial charge in [0.2, 0.25) is 5.95 Å². The van der Waals surface area contributed by atoms with Crippen LogP contribution in [0.25, 0.3) is 11.2 Å². The molecule has 182 valence electrons. The summed E-state index contributed by atoms with van der Waals surface area (Å²) in [5.41, 5.74) is 11.6. The van der Waals surface area contributed by atoms with Crippen LogP contribution in [0.2, 0.25) is 0 Å². The highest BCUT2D eigenvalue weighted by atomic mass is 15.3. The van der Waals surface area contributed by atoms with Crippen LogP contribution in [0, 0.1) is 5.92 Å². The number of anilines is 4. The average molecular weight is 473 g/mol. The maximum Gasteiger partial charge on any atom is 0.234 e. The van der Waals surface area contributed by atoms with Crippen LogP contribution in [0.4, 0.5) is 23.1 Å². The lowest BCUT2D eigenvalue weighted by Crippen LogP contribution is -2.38. The number of imidazole rings is 2. The fraction of sp³-hybridized carbons (Fsp3) is 0.440. The molecule has 0 unspecified atom stereocenters. The Balaban J connectivity index is 1.37. The third-order valence-corrected chi connectivity index (χ3v) is 7.37. The second-order valence-corrected chi connectivity index (χ2v) is 9.53. The van der Waals surface area contributed by atoms with Gasteiger partial charge in [-0.1, -0.05) is 6.92 Å². The van der Waals surface area contributed by atoms with E-state index in [0.717, 1.165) is 79.8 Å². The Morgan fingerprint density at radius 3 is 2.63 bits per heavy atom. The van der Waals surface area contributed by atoms with Crippen LogP contribution in [-0.4, -0.2) is 67.5 Å². The van der Waals surface area contributed by atoms with E-state index in [2.05, 4.69) is 53.7 Å². The third kappa shape index (κ3) is 4.29. The summed E-state index contributed by atoms with van der Waals surface area (Å²) in [6.45, 7) is 8.08. The first-order valence-electron chi connectivity index (χ1n) is 12.5. The Kier molecular flexibility index (Phi) is 5.73. The normalized spacial score (nSPS) is 17.1. The lowest BCUT2D eigenvalue weighted by atomic mass is 9.96. The number of H-pyrrole nitrogens is 2. The Bertz CT molecular complexity index is 1290. The van der Waals surface area contributed by atoms with E-state index in [0.29, 0.717) is 17.5 Å². The fourth-order valence-corrected chi connectivity index (χ4v) is 5.25. The van der Waals surface area contributed by atoms with Gasteiger partial charge in [-0.3, -0.25) is 0 Å². The Labute approximate surface area is 204 Å². The number of aromatic nitrogens is 6. The number of nitrogens with two attached hydrogens (primary N) is 1. The highest BCUT2D eigenvalue weighted by Gasteiger charge is 2.27. The number of fused-ring (bicyclic) bond motifs is 2. The van der Waals surface area contributed by atoms with Crippen molar-refractivity contribution >= 4 is 34.3 Å². The summed E-state index contributed by atoms with van der Waals surface area (Å²) >= 11 is 0. The van der Waals surface area contributed by atoms with Crippen LogP contribution in [-0.2, 0) is 13.0 Å². The van der Waals surface area contributed by atoms with Gasteiger partial charge in [-0.15, -0.1) is 0 Å². The van der Waals surface area contributed by atoms with Crippen molar-refractivity contribution in [2.24, 2.45) is 5.92 Å². The smallest absolute Gasteiger partial charge is 0.234 e. The van der Waals surface area contributed by atoms with Crippen LogP contribution < -0.4 is 15.5 Å². The van der Waals surface area contributed by atoms with Crippen molar-refractivity contribution in [3.05, 3.63) is 48.3 Å². The zero-order valence-corrected chi connectivity index (χ0v) is 20.1. The molecule has 35 heavy (non-hydrogen) atoms. The summed E-state index contributed by atoms with van der Waals surface area (Å²) in [7, 11) is 0. The van der Waals surface area contributed by atoms with E-state index in [1.807, 2.05) is 12.1 Å². The zero-order valence-electron chi connectivity index (χ0n) is 20.1. The average Bonchev–Trinajstić information content (AvgIpc) is 3.57. The molecule has 0 radical (unpaired) electrons. The summed E-state index contributed by atoms with van der Waals surface area (Å²) in [4.78, 5) is 32.6. The number of piperidine rings is 1. The van der Waals surface area contributed by atoms with Gasteiger partial charge in [0.15, 0.2) is 11.5 Å². The van der Waals surface area contributed by atoms with E-state index in [1.54, 1.807) is 12.7 Å². The molecule has 10 nitrogen and oxygen atoms in total. The molecule has 2 aliphatic rings. The molecule has 1 aromatic carbocycles. The molecular weight excluding hydrogens is 440 g/mol. The highest BCUT2D eigenvalue weighted by molar-refractivity contribution is 5.85. The van der Waals surface area contributed by atoms with Gasteiger partial charge in [0.05, 0.1) is 30.6 Å². The summed E-state index contributed by atoms with van der Waals surface area (Å²) in [6, 6.07) is 8.01. The van der Waals surface area contributed by atoms with E-state index in [4.69, 9.17) is 15.7 Å². The van der Waals surface area contributed by atoms with Crippen LogP contribution in [0.3, 0.4) is 0 Å². The van der Waals surface area contributed by atoms with Gasteiger partial charge in [-0.2, -0.15) is 9.97 Å². The number of benzene rings is 1. The van der Waals surface area contributed by atoms with Crippen LogP contribution >= 0.6 is 0 Å². The molecule has 1 fully saturated rings. The van der Waals surface area contributed by atoms with Crippen molar-refractivity contribution in [1.82, 2.24) is 34.8 Å². The fourth-order valence-electron chi connectivity index (χ4n) is 5.25. The second-order valence-electron chi connectivity index (χ2n) is 9.53. The monoisotopic (exact) mass is 472 g/mol. The quantitative estimate of drug-likeness (QED) is 0.366. The van der Waals surface area contributed by atoms with E-state index in [-0.39, 0.29) is 0 Å². The third-order valence-electron chi connectivity index (χ3n) is 7.37. The van der Waals surface area contributed by atoms with E-state index in [9.17, 15) is 0 Å². The number of aromatic amines is 2. The van der Waals surface area contributed by atoms with Crippen molar-refractivity contribution in [1.29, 1.82) is 0 Å². The molecule has 0 atom stereocenters. The molecule has 0 saturated carbocycles. The molecule has 10 heteroatoms. The molecule has 1 saturated heterocycles. The lowest BCUT2D eigenvalue weighted by molar-refractivity contribution is 0.195. The van der Waals surface area contributed by atoms with Crippen LogP contribution in [0.1, 0.15) is 31.2 Å². The number of nitrogen functional groups attached to an aromatic ring is 1. The van der Waals surface area contributed by atoms with Gasteiger partial charge in [0, 0.05) is 30.9 Å². The number of rotatable bonds is 6. The van der Waals surface area contributed by atoms with Crippen LogP contribution in [0.15, 0.2) is 36.9 Å². The molecule has 0 bridgehead atoms. The van der Waals surface area contributed by atoms with E-state index in [1.165, 1.54) is 12.8 Å². The first kappa shape index (κ1) is 21.8. The maximum atomic E-state index is 6.01. The van der Waals surface area contributed by atoms with Crippen molar-refractivity contribution in [3.8, 4) is 0 Å². The largest absolute Gasteiger partial charge is 0.399 e. The summed E-state index contributed by atoms with van der Waals surface area (Å²) in [5, 5.41) is 0. The molecule has 0 aliphatic carbocycles. The summed E-state index contributed by atoms with van der Waals surface area (Å²) in [5.74, 6) is 2.13. The number of likely N-dealkylation sites (tertiary alicyclic amines) is 1. The van der Waals surface area contributed by atoms with E-state index < -0.39 is 0 Å². The Hall–Kier alpha value is -3.66. The minimum atomic E-state index is 0.569. The van der Waals surface area contributed by atoms with Crippen molar-refractivity contribution < 1.29 is 0 Å². The topological polar surface area (TPSA) is 119 Å². The number of hydrogen-bond donors (Lipinski definition) is 3. The molecule has 2 aliphatic heterocycles. The van der Waals surface area contributed by atoms with Crippen molar-refractivity contribution in [2.45, 2.75) is 32.7 Å². The highest BCUT2D eigenvalue weighted by Crippen LogP contribution is 2.32. The molecule has 0 amide bonds. The Morgan fingerprint density at radius 1 is 1.03 bits per heavy atom. The maximum absolute atomic E-state index is 6.01. The first-order chi connectivity index (χ1) is 17.2. The second kappa shape index (κ2) is 9.18. The molecule has 6 rings (SSSR count). The Morgan fingerprint density at radius 2 is 1.83 bits per heavy atom. The molecule has 5 heterocycles.